The van der Waals surface area contributed by atoms with Crippen molar-refractivity contribution in [3.05, 3.63) is 57.3 Å². The number of carbonyl (C=O) groups excluding carboxylic acids is 2. The summed E-state index contributed by atoms with van der Waals surface area (Å²) in [6, 6.07) is 10.5. The van der Waals surface area contributed by atoms with E-state index in [9.17, 15) is 9.59 Å². The first-order valence-electron chi connectivity index (χ1n) is 10.3. The molecule has 0 unspecified atom stereocenters. The van der Waals surface area contributed by atoms with Gasteiger partial charge in [0.05, 0.1) is 6.04 Å². The molecular formula is C24H32N2O2S. The van der Waals surface area contributed by atoms with Crippen molar-refractivity contribution in [3.63, 3.8) is 0 Å². The zero-order valence-electron chi connectivity index (χ0n) is 18.4. The Hall–Kier alpha value is -2.14. The average molecular weight is 413 g/mol. The van der Waals surface area contributed by atoms with E-state index in [0.717, 1.165) is 12.0 Å². The highest BCUT2D eigenvalue weighted by Crippen LogP contribution is 2.38. The monoisotopic (exact) mass is 412 g/mol. The first kappa shape index (κ1) is 21.6. The van der Waals surface area contributed by atoms with Gasteiger partial charge in [0, 0.05) is 22.9 Å². The topological polar surface area (TPSA) is 40.6 Å². The number of fused-ring (bicyclic) bond motifs is 1. The molecule has 1 aliphatic rings. The van der Waals surface area contributed by atoms with E-state index in [-0.39, 0.29) is 30.3 Å². The summed E-state index contributed by atoms with van der Waals surface area (Å²) in [7, 11) is 0. The minimum Gasteiger partial charge on any atom is -0.330 e. The van der Waals surface area contributed by atoms with Crippen molar-refractivity contribution >= 4 is 23.2 Å². The summed E-state index contributed by atoms with van der Waals surface area (Å²) in [6.45, 7) is 12.6. The molecule has 0 saturated carbocycles. The van der Waals surface area contributed by atoms with Crippen molar-refractivity contribution in [1.82, 2.24) is 9.80 Å². The second kappa shape index (κ2) is 8.31. The molecule has 0 aliphatic carbocycles. The Bertz CT molecular complexity index is 877. The molecule has 0 saturated heterocycles. The molecule has 0 radical (unpaired) electrons. The number of rotatable bonds is 4. The van der Waals surface area contributed by atoms with Crippen LogP contribution in [-0.4, -0.2) is 40.2 Å². The maximum absolute atomic E-state index is 13.5. The molecule has 0 fully saturated rings. The van der Waals surface area contributed by atoms with Crippen LogP contribution in [0.15, 0.2) is 35.7 Å². The number of hydrogen-bond donors (Lipinski definition) is 0. The standard InChI is InChI=1S/C24H32N2O2S/c1-16(2)23(28)26(24(4,5)6)15-21(27)25-13-11-20-19(12-14-29-20)22(25)18-9-7-17(3)8-10-18/h7-10,12,14,16,22H,11,13,15H2,1-6H3/t22-/m0/s1. The van der Waals surface area contributed by atoms with Crippen LogP contribution in [0.5, 0.6) is 0 Å². The Labute approximate surface area is 178 Å². The molecular weight excluding hydrogens is 380 g/mol. The fourth-order valence-electron chi connectivity index (χ4n) is 3.88. The van der Waals surface area contributed by atoms with Crippen LogP contribution in [0.2, 0.25) is 0 Å². The molecule has 3 rings (SSSR count). The lowest BCUT2D eigenvalue weighted by Crippen LogP contribution is -2.53. The van der Waals surface area contributed by atoms with Gasteiger partial charge < -0.3 is 9.80 Å². The van der Waals surface area contributed by atoms with Gasteiger partial charge in [0.15, 0.2) is 0 Å². The van der Waals surface area contributed by atoms with E-state index in [1.807, 2.05) is 39.5 Å². The van der Waals surface area contributed by atoms with Gasteiger partial charge >= 0.3 is 0 Å². The van der Waals surface area contributed by atoms with E-state index in [2.05, 4.69) is 42.6 Å². The normalized spacial score (nSPS) is 16.7. The molecule has 1 atom stereocenters. The fourth-order valence-corrected chi connectivity index (χ4v) is 4.78. The van der Waals surface area contributed by atoms with Crippen LogP contribution in [0.25, 0.3) is 0 Å². The van der Waals surface area contributed by atoms with Crippen LogP contribution in [0.1, 0.15) is 62.2 Å². The first-order chi connectivity index (χ1) is 13.6. The van der Waals surface area contributed by atoms with Gasteiger partial charge in [-0.2, -0.15) is 0 Å². The zero-order chi connectivity index (χ0) is 21.3. The van der Waals surface area contributed by atoms with E-state index in [1.165, 1.54) is 16.0 Å². The van der Waals surface area contributed by atoms with Gasteiger partial charge in [-0.1, -0.05) is 43.7 Å². The third kappa shape index (κ3) is 4.55. The fraction of sp³-hybridized carbons (Fsp3) is 0.500. The van der Waals surface area contributed by atoms with Gasteiger partial charge in [-0.25, -0.2) is 0 Å². The highest BCUT2D eigenvalue weighted by molar-refractivity contribution is 7.10. The number of nitrogens with zero attached hydrogens (tertiary/aromatic N) is 2. The quantitative estimate of drug-likeness (QED) is 0.723. The minimum absolute atomic E-state index is 0.0105. The molecule has 4 nitrogen and oxygen atoms in total. The summed E-state index contributed by atoms with van der Waals surface area (Å²) < 4.78 is 0. The molecule has 1 aromatic heterocycles. The number of carbonyl (C=O) groups is 2. The molecule has 1 aromatic carbocycles. The van der Waals surface area contributed by atoms with Crippen molar-refractivity contribution in [3.8, 4) is 0 Å². The lowest BCUT2D eigenvalue weighted by atomic mass is 9.92. The summed E-state index contributed by atoms with van der Waals surface area (Å²) in [5.41, 5.74) is 3.14. The summed E-state index contributed by atoms with van der Waals surface area (Å²) in [6.07, 6.45) is 0.870. The Balaban J connectivity index is 1.93. The smallest absolute Gasteiger partial charge is 0.243 e. The van der Waals surface area contributed by atoms with Gasteiger partial charge in [0.1, 0.15) is 6.54 Å². The summed E-state index contributed by atoms with van der Waals surface area (Å²) in [5, 5.41) is 2.11. The van der Waals surface area contributed by atoms with Gasteiger partial charge in [-0.3, -0.25) is 9.59 Å². The Morgan fingerprint density at radius 2 is 1.83 bits per heavy atom. The lowest BCUT2D eigenvalue weighted by molar-refractivity contribution is -0.147. The zero-order valence-corrected chi connectivity index (χ0v) is 19.2. The van der Waals surface area contributed by atoms with Gasteiger partial charge in [0.25, 0.3) is 0 Å². The van der Waals surface area contributed by atoms with Crippen LogP contribution < -0.4 is 0 Å². The van der Waals surface area contributed by atoms with Crippen molar-refractivity contribution < 1.29 is 9.59 Å². The molecule has 2 heterocycles. The van der Waals surface area contributed by atoms with E-state index in [0.29, 0.717) is 6.54 Å². The summed E-state index contributed by atoms with van der Waals surface area (Å²) >= 11 is 1.77. The molecule has 0 spiro atoms. The SMILES string of the molecule is Cc1ccc([C@H]2c3ccsc3CCN2C(=O)CN(C(=O)C(C)C)C(C)(C)C)cc1. The van der Waals surface area contributed by atoms with Crippen LogP contribution in [-0.2, 0) is 16.0 Å². The predicted molar refractivity (Wildman–Crippen MR) is 119 cm³/mol. The summed E-state index contributed by atoms with van der Waals surface area (Å²) in [4.78, 5) is 31.4. The van der Waals surface area contributed by atoms with E-state index in [4.69, 9.17) is 0 Å². The van der Waals surface area contributed by atoms with Crippen molar-refractivity contribution in [2.45, 2.75) is 59.5 Å². The molecule has 29 heavy (non-hydrogen) atoms. The van der Waals surface area contributed by atoms with Crippen molar-refractivity contribution in [2.75, 3.05) is 13.1 Å². The first-order valence-corrected chi connectivity index (χ1v) is 11.2. The highest BCUT2D eigenvalue weighted by Gasteiger charge is 2.36. The molecule has 2 aromatic rings. The molecule has 2 amide bonds. The highest BCUT2D eigenvalue weighted by atomic mass is 32.1. The molecule has 0 bridgehead atoms. The number of aryl methyl sites for hydroxylation is 1. The maximum atomic E-state index is 13.5. The van der Waals surface area contributed by atoms with E-state index >= 15 is 0 Å². The Morgan fingerprint density at radius 1 is 1.17 bits per heavy atom. The van der Waals surface area contributed by atoms with Gasteiger partial charge in [-0.15, -0.1) is 11.3 Å². The van der Waals surface area contributed by atoms with Gasteiger partial charge in [0.2, 0.25) is 11.8 Å². The minimum atomic E-state index is -0.403. The van der Waals surface area contributed by atoms with Crippen LogP contribution in [0.4, 0.5) is 0 Å². The van der Waals surface area contributed by atoms with E-state index in [1.54, 1.807) is 16.2 Å². The number of hydrogen-bond acceptors (Lipinski definition) is 3. The summed E-state index contributed by atoms with van der Waals surface area (Å²) in [5.74, 6) is -0.109. The van der Waals surface area contributed by atoms with Crippen molar-refractivity contribution in [1.29, 1.82) is 0 Å². The van der Waals surface area contributed by atoms with Crippen LogP contribution >= 0.6 is 11.3 Å². The van der Waals surface area contributed by atoms with Crippen molar-refractivity contribution in [2.24, 2.45) is 5.92 Å². The predicted octanol–water partition coefficient (Wildman–Crippen LogP) is 4.81. The maximum Gasteiger partial charge on any atom is 0.243 e. The largest absolute Gasteiger partial charge is 0.330 e. The molecule has 5 heteroatoms. The third-order valence-electron chi connectivity index (χ3n) is 5.54. The molecule has 0 N–H and O–H groups in total. The molecule has 1 aliphatic heterocycles. The number of amides is 2. The Morgan fingerprint density at radius 3 is 2.41 bits per heavy atom. The van der Waals surface area contributed by atoms with Crippen LogP contribution in [0.3, 0.4) is 0 Å². The third-order valence-corrected chi connectivity index (χ3v) is 6.54. The second-order valence-corrected chi connectivity index (χ2v) is 10.2. The Kier molecular flexibility index (Phi) is 6.18. The molecule has 156 valence electrons. The van der Waals surface area contributed by atoms with Crippen LogP contribution in [0, 0.1) is 12.8 Å². The van der Waals surface area contributed by atoms with Gasteiger partial charge in [-0.05, 0) is 56.7 Å². The lowest BCUT2D eigenvalue weighted by Gasteiger charge is -2.41. The van der Waals surface area contributed by atoms with E-state index < -0.39 is 5.54 Å². The second-order valence-electron chi connectivity index (χ2n) is 9.20. The average Bonchev–Trinajstić information content (AvgIpc) is 3.13. The number of benzene rings is 1. The number of thiophene rings is 1.